The fourth-order valence-corrected chi connectivity index (χ4v) is 2.70. The average molecular weight is 302 g/mol. The first-order valence-electron chi connectivity index (χ1n) is 7.02. The number of anilines is 2. The summed E-state index contributed by atoms with van der Waals surface area (Å²) in [6.45, 7) is 5.18. The molecule has 1 aromatic rings. The second-order valence-corrected chi connectivity index (χ2v) is 5.93. The molecule has 0 aliphatic heterocycles. The van der Waals surface area contributed by atoms with Crippen LogP contribution in [0.1, 0.15) is 39.5 Å². The number of hydrogen-bond acceptors (Lipinski definition) is 3. The van der Waals surface area contributed by atoms with Crippen LogP contribution in [0.4, 0.5) is 11.6 Å². The third kappa shape index (κ3) is 3.90. The lowest BCUT2D eigenvalue weighted by atomic mass is 10.2. The molecule has 2 atom stereocenters. The van der Waals surface area contributed by atoms with Crippen molar-refractivity contribution in [3.8, 4) is 0 Å². The van der Waals surface area contributed by atoms with Crippen LogP contribution in [-0.4, -0.2) is 17.6 Å². The highest BCUT2D eigenvalue weighted by molar-refractivity contribution is 6.37. The van der Waals surface area contributed by atoms with Crippen LogP contribution in [-0.2, 0) is 0 Å². The molecule has 2 N–H and O–H groups in total. The minimum atomic E-state index is 0.519. The van der Waals surface area contributed by atoms with Gasteiger partial charge in [0.15, 0.2) is 0 Å². The van der Waals surface area contributed by atoms with Crippen LogP contribution < -0.4 is 10.6 Å². The van der Waals surface area contributed by atoms with Gasteiger partial charge in [-0.1, -0.05) is 43.5 Å². The molecule has 0 amide bonds. The van der Waals surface area contributed by atoms with Crippen molar-refractivity contribution in [1.82, 2.24) is 4.98 Å². The summed E-state index contributed by atoms with van der Waals surface area (Å²) in [5.41, 5.74) is 0. The zero-order chi connectivity index (χ0) is 13.8. The molecule has 0 saturated heterocycles. The fourth-order valence-electron chi connectivity index (χ4n) is 2.22. The number of pyridine rings is 1. The van der Waals surface area contributed by atoms with Gasteiger partial charge in [-0.25, -0.2) is 4.98 Å². The zero-order valence-electron chi connectivity index (χ0n) is 11.5. The lowest BCUT2D eigenvalue weighted by Crippen LogP contribution is -2.09. The highest BCUT2D eigenvalue weighted by Gasteiger charge is 2.36. The van der Waals surface area contributed by atoms with E-state index in [1.54, 1.807) is 6.07 Å². The van der Waals surface area contributed by atoms with Gasteiger partial charge in [0, 0.05) is 12.6 Å². The first-order valence-corrected chi connectivity index (χ1v) is 7.77. The minimum absolute atomic E-state index is 0.519. The van der Waals surface area contributed by atoms with Gasteiger partial charge in [-0.15, -0.1) is 0 Å². The van der Waals surface area contributed by atoms with Crippen molar-refractivity contribution in [2.75, 3.05) is 17.2 Å². The topological polar surface area (TPSA) is 37.0 Å². The third-order valence-corrected chi connectivity index (χ3v) is 3.95. The normalized spacial score (nSPS) is 21.3. The van der Waals surface area contributed by atoms with Gasteiger partial charge in [0.25, 0.3) is 0 Å². The van der Waals surface area contributed by atoms with Gasteiger partial charge in [0.05, 0.1) is 10.0 Å². The molecule has 106 valence electrons. The highest BCUT2D eigenvalue weighted by Crippen LogP contribution is 2.39. The van der Waals surface area contributed by atoms with Gasteiger partial charge in [0.1, 0.15) is 11.6 Å². The van der Waals surface area contributed by atoms with E-state index in [0.29, 0.717) is 21.9 Å². The summed E-state index contributed by atoms with van der Waals surface area (Å²) in [5.74, 6) is 2.22. The quantitative estimate of drug-likeness (QED) is 0.759. The van der Waals surface area contributed by atoms with Gasteiger partial charge in [-0.2, -0.15) is 0 Å². The molecule has 1 aliphatic rings. The summed E-state index contributed by atoms with van der Waals surface area (Å²) >= 11 is 12.3. The maximum atomic E-state index is 6.19. The average Bonchev–Trinajstić information content (AvgIpc) is 3.10. The van der Waals surface area contributed by atoms with E-state index in [1.807, 2.05) is 0 Å². The maximum Gasteiger partial charge on any atom is 0.147 e. The summed E-state index contributed by atoms with van der Waals surface area (Å²) < 4.78 is 0. The lowest BCUT2D eigenvalue weighted by molar-refractivity contribution is 0.692. The SMILES string of the molecule is CCCNc1nc(NC2CC2CCC)c(Cl)cc1Cl. The number of aromatic nitrogens is 1. The summed E-state index contributed by atoms with van der Waals surface area (Å²) in [5, 5.41) is 7.81. The lowest BCUT2D eigenvalue weighted by Gasteiger charge is -2.12. The Bertz CT molecular complexity index is 437. The number of rotatable bonds is 7. The van der Waals surface area contributed by atoms with Crippen molar-refractivity contribution in [3.63, 3.8) is 0 Å². The van der Waals surface area contributed by atoms with Gasteiger partial charge < -0.3 is 10.6 Å². The predicted molar refractivity (Wildman–Crippen MR) is 83.5 cm³/mol. The molecule has 1 saturated carbocycles. The molecule has 19 heavy (non-hydrogen) atoms. The van der Waals surface area contributed by atoms with Gasteiger partial charge >= 0.3 is 0 Å². The van der Waals surface area contributed by atoms with Crippen molar-refractivity contribution in [1.29, 1.82) is 0 Å². The Balaban J connectivity index is 2.03. The summed E-state index contributed by atoms with van der Waals surface area (Å²) in [6.07, 6.45) is 4.74. The Morgan fingerprint density at radius 2 is 1.95 bits per heavy atom. The molecule has 0 radical (unpaired) electrons. The van der Waals surface area contributed by atoms with E-state index in [1.165, 1.54) is 19.3 Å². The first-order chi connectivity index (χ1) is 9.15. The van der Waals surface area contributed by atoms with Crippen molar-refractivity contribution in [2.45, 2.75) is 45.6 Å². The van der Waals surface area contributed by atoms with Crippen molar-refractivity contribution < 1.29 is 0 Å². The van der Waals surface area contributed by atoms with E-state index in [2.05, 4.69) is 29.5 Å². The van der Waals surface area contributed by atoms with Crippen LogP contribution in [0.2, 0.25) is 10.0 Å². The van der Waals surface area contributed by atoms with E-state index in [0.717, 1.165) is 24.7 Å². The van der Waals surface area contributed by atoms with Crippen LogP contribution >= 0.6 is 23.2 Å². The molecule has 0 bridgehead atoms. The Morgan fingerprint density at radius 1 is 1.21 bits per heavy atom. The Labute approximate surface area is 125 Å². The molecule has 1 heterocycles. The summed E-state index contributed by atoms with van der Waals surface area (Å²) in [4.78, 5) is 4.50. The molecule has 3 nitrogen and oxygen atoms in total. The first kappa shape index (κ1) is 14.7. The molecule has 5 heteroatoms. The van der Waals surface area contributed by atoms with Crippen molar-refractivity contribution >= 4 is 34.8 Å². The molecule has 0 spiro atoms. The van der Waals surface area contributed by atoms with E-state index >= 15 is 0 Å². The van der Waals surface area contributed by atoms with Crippen molar-refractivity contribution in [2.24, 2.45) is 5.92 Å². The van der Waals surface area contributed by atoms with Crippen LogP contribution in [0, 0.1) is 5.92 Å². The van der Waals surface area contributed by atoms with E-state index in [4.69, 9.17) is 23.2 Å². The van der Waals surface area contributed by atoms with Gasteiger partial charge in [-0.3, -0.25) is 0 Å². The highest BCUT2D eigenvalue weighted by atomic mass is 35.5. The minimum Gasteiger partial charge on any atom is -0.369 e. The third-order valence-electron chi connectivity index (χ3n) is 3.38. The van der Waals surface area contributed by atoms with Crippen LogP contribution in [0.25, 0.3) is 0 Å². The molecular formula is C14H21Cl2N3. The van der Waals surface area contributed by atoms with Crippen molar-refractivity contribution in [3.05, 3.63) is 16.1 Å². The predicted octanol–water partition coefficient (Wildman–Crippen LogP) is 4.81. The number of hydrogen-bond donors (Lipinski definition) is 2. The van der Waals surface area contributed by atoms with Crippen LogP contribution in [0.5, 0.6) is 0 Å². The largest absolute Gasteiger partial charge is 0.369 e. The smallest absolute Gasteiger partial charge is 0.147 e. The van der Waals surface area contributed by atoms with Gasteiger partial charge in [0.2, 0.25) is 0 Å². The van der Waals surface area contributed by atoms with Crippen LogP contribution in [0.15, 0.2) is 6.07 Å². The summed E-state index contributed by atoms with van der Waals surface area (Å²) in [7, 11) is 0. The Morgan fingerprint density at radius 3 is 2.63 bits per heavy atom. The maximum absolute atomic E-state index is 6.19. The zero-order valence-corrected chi connectivity index (χ0v) is 13.0. The Kier molecular flexibility index (Phi) is 5.17. The molecule has 0 aromatic carbocycles. The Hall–Kier alpha value is -0.670. The molecule has 2 rings (SSSR count). The molecular weight excluding hydrogens is 281 g/mol. The number of nitrogens with one attached hydrogen (secondary N) is 2. The number of nitrogens with zero attached hydrogens (tertiary/aromatic N) is 1. The molecule has 1 fully saturated rings. The van der Waals surface area contributed by atoms with Gasteiger partial charge in [-0.05, 0) is 31.2 Å². The molecule has 2 unspecified atom stereocenters. The second kappa shape index (κ2) is 6.67. The second-order valence-electron chi connectivity index (χ2n) is 5.11. The molecule has 1 aliphatic carbocycles. The van der Waals surface area contributed by atoms with E-state index < -0.39 is 0 Å². The van der Waals surface area contributed by atoms with Crippen LogP contribution in [0.3, 0.4) is 0 Å². The standard InChI is InChI=1S/C14H21Cl2N3/c1-3-5-9-7-12(9)18-14-11(16)8-10(15)13(19-14)17-6-4-2/h8-9,12H,3-7H2,1-2H3,(H2,17,18,19). The molecule has 1 aromatic heterocycles. The fraction of sp³-hybridized carbons (Fsp3) is 0.643. The number of halogens is 2. The summed E-state index contributed by atoms with van der Waals surface area (Å²) in [6, 6.07) is 2.28. The monoisotopic (exact) mass is 301 g/mol. The van der Waals surface area contributed by atoms with E-state index in [-0.39, 0.29) is 0 Å². The van der Waals surface area contributed by atoms with E-state index in [9.17, 15) is 0 Å².